The van der Waals surface area contributed by atoms with E-state index in [9.17, 15) is 5.11 Å². The molecule has 0 amide bonds. The standard InChI is InChI=1S/C12H21N3O/c1-9(16)5-7-15(3)12-8-11(10(2)13)4-6-14-12/h4,6,8-10,16H,5,7,13H2,1-3H3. The molecule has 1 rings (SSSR count). The highest BCUT2D eigenvalue weighted by molar-refractivity contribution is 5.40. The Morgan fingerprint density at radius 3 is 2.75 bits per heavy atom. The number of aromatic nitrogens is 1. The van der Waals surface area contributed by atoms with Gasteiger partial charge in [0.15, 0.2) is 0 Å². The van der Waals surface area contributed by atoms with Gasteiger partial charge in [-0.05, 0) is 38.0 Å². The van der Waals surface area contributed by atoms with Crippen LogP contribution < -0.4 is 10.6 Å². The molecule has 2 unspecified atom stereocenters. The van der Waals surface area contributed by atoms with Crippen molar-refractivity contribution in [3.8, 4) is 0 Å². The summed E-state index contributed by atoms with van der Waals surface area (Å²) >= 11 is 0. The highest BCUT2D eigenvalue weighted by Gasteiger charge is 2.06. The molecule has 16 heavy (non-hydrogen) atoms. The fourth-order valence-corrected chi connectivity index (χ4v) is 1.42. The molecule has 0 saturated heterocycles. The van der Waals surface area contributed by atoms with Crippen LogP contribution in [0.15, 0.2) is 18.3 Å². The molecule has 0 aromatic carbocycles. The molecule has 1 aromatic rings. The molecular weight excluding hydrogens is 202 g/mol. The summed E-state index contributed by atoms with van der Waals surface area (Å²) in [5, 5.41) is 9.22. The largest absolute Gasteiger partial charge is 0.393 e. The van der Waals surface area contributed by atoms with Crippen LogP contribution in [0.3, 0.4) is 0 Å². The van der Waals surface area contributed by atoms with Crippen LogP contribution in [0.25, 0.3) is 0 Å². The summed E-state index contributed by atoms with van der Waals surface area (Å²) in [6.07, 6.45) is 2.23. The van der Waals surface area contributed by atoms with Gasteiger partial charge in [0, 0.05) is 25.8 Å². The van der Waals surface area contributed by atoms with Crippen LogP contribution in [0, 0.1) is 0 Å². The van der Waals surface area contributed by atoms with Gasteiger partial charge in [0.25, 0.3) is 0 Å². The molecule has 1 aromatic heterocycles. The summed E-state index contributed by atoms with van der Waals surface area (Å²) in [7, 11) is 1.97. The van der Waals surface area contributed by atoms with Crippen molar-refractivity contribution in [3.63, 3.8) is 0 Å². The van der Waals surface area contributed by atoms with Crippen molar-refractivity contribution in [2.75, 3.05) is 18.5 Å². The first-order chi connectivity index (χ1) is 7.50. The number of hydrogen-bond donors (Lipinski definition) is 2. The predicted molar refractivity (Wildman–Crippen MR) is 66.4 cm³/mol. The molecule has 2 atom stereocenters. The van der Waals surface area contributed by atoms with Gasteiger partial charge in [-0.1, -0.05) is 0 Å². The van der Waals surface area contributed by atoms with Crippen molar-refractivity contribution in [1.82, 2.24) is 4.98 Å². The van der Waals surface area contributed by atoms with Crippen molar-refractivity contribution >= 4 is 5.82 Å². The maximum absolute atomic E-state index is 9.22. The molecule has 90 valence electrons. The SMILES string of the molecule is CC(O)CCN(C)c1cc(C(C)N)ccn1. The molecule has 0 radical (unpaired) electrons. The molecular formula is C12H21N3O. The Kier molecular flexibility index (Phi) is 4.71. The first-order valence-electron chi connectivity index (χ1n) is 5.61. The molecule has 0 aliphatic rings. The van der Waals surface area contributed by atoms with Gasteiger partial charge in [-0.15, -0.1) is 0 Å². The third kappa shape index (κ3) is 3.79. The van der Waals surface area contributed by atoms with E-state index in [-0.39, 0.29) is 12.1 Å². The second-order valence-corrected chi connectivity index (χ2v) is 4.30. The zero-order valence-corrected chi connectivity index (χ0v) is 10.2. The van der Waals surface area contributed by atoms with E-state index in [4.69, 9.17) is 5.73 Å². The van der Waals surface area contributed by atoms with Crippen molar-refractivity contribution in [1.29, 1.82) is 0 Å². The molecule has 3 N–H and O–H groups in total. The molecule has 0 bridgehead atoms. The maximum atomic E-state index is 9.22. The van der Waals surface area contributed by atoms with E-state index in [0.29, 0.717) is 0 Å². The second kappa shape index (κ2) is 5.82. The van der Waals surface area contributed by atoms with Gasteiger partial charge in [-0.25, -0.2) is 4.98 Å². The van der Waals surface area contributed by atoms with Crippen LogP contribution in [0.4, 0.5) is 5.82 Å². The highest BCUT2D eigenvalue weighted by atomic mass is 16.3. The Morgan fingerprint density at radius 1 is 1.50 bits per heavy atom. The van der Waals surface area contributed by atoms with E-state index in [2.05, 4.69) is 4.98 Å². The fraction of sp³-hybridized carbons (Fsp3) is 0.583. The lowest BCUT2D eigenvalue weighted by molar-refractivity contribution is 0.187. The third-order valence-electron chi connectivity index (χ3n) is 2.57. The van der Waals surface area contributed by atoms with Crippen molar-refractivity contribution < 1.29 is 5.11 Å². The summed E-state index contributed by atoms with van der Waals surface area (Å²) < 4.78 is 0. The zero-order valence-electron chi connectivity index (χ0n) is 10.2. The van der Waals surface area contributed by atoms with E-state index in [1.54, 1.807) is 13.1 Å². The minimum absolute atomic E-state index is 0.0203. The average Bonchev–Trinajstić information content (AvgIpc) is 2.26. The van der Waals surface area contributed by atoms with Crippen molar-refractivity contribution in [2.24, 2.45) is 5.73 Å². The van der Waals surface area contributed by atoms with E-state index in [0.717, 1.165) is 24.3 Å². The normalized spacial score (nSPS) is 14.6. The Hall–Kier alpha value is -1.13. The highest BCUT2D eigenvalue weighted by Crippen LogP contribution is 2.15. The molecule has 0 aliphatic carbocycles. The predicted octanol–water partition coefficient (Wildman–Crippen LogP) is 1.31. The maximum Gasteiger partial charge on any atom is 0.128 e. The van der Waals surface area contributed by atoms with E-state index in [1.807, 2.05) is 31.0 Å². The molecule has 4 nitrogen and oxygen atoms in total. The van der Waals surface area contributed by atoms with Crippen molar-refractivity contribution in [3.05, 3.63) is 23.9 Å². The lowest BCUT2D eigenvalue weighted by Crippen LogP contribution is -2.23. The van der Waals surface area contributed by atoms with Crippen LogP contribution in [0.5, 0.6) is 0 Å². The summed E-state index contributed by atoms with van der Waals surface area (Å²) in [4.78, 5) is 6.31. The topological polar surface area (TPSA) is 62.4 Å². The van der Waals surface area contributed by atoms with Gasteiger partial charge < -0.3 is 15.7 Å². The van der Waals surface area contributed by atoms with Gasteiger partial charge in [0.05, 0.1) is 6.10 Å². The Labute approximate surface area is 97.1 Å². The number of aliphatic hydroxyl groups excluding tert-OH is 1. The van der Waals surface area contributed by atoms with E-state index in [1.165, 1.54) is 0 Å². The van der Waals surface area contributed by atoms with Gasteiger partial charge in [0.1, 0.15) is 5.82 Å². The molecule has 0 saturated carbocycles. The van der Waals surface area contributed by atoms with E-state index < -0.39 is 0 Å². The molecule has 1 heterocycles. The van der Waals surface area contributed by atoms with Crippen LogP contribution in [0.2, 0.25) is 0 Å². The zero-order chi connectivity index (χ0) is 12.1. The fourth-order valence-electron chi connectivity index (χ4n) is 1.42. The Morgan fingerprint density at radius 2 is 2.19 bits per heavy atom. The first-order valence-corrected chi connectivity index (χ1v) is 5.61. The number of pyridine rings is 1. The molecule has 0 aliphatic heterocycles. The average molecular weight is 223 g/mol. The second-order valence-electron chi connectivity index (χ2n) is 4.30. The monoisotopic (exact) mass is 223 g/mol. The van der Waals surface area contributed by atoms with E-state index >= 15 is 0 Å². The quantitative estimate of drug-likeness (QED) is 0.790. The summed E-state index contributed by atoms with van der Waals surface area (Å²) in [5.41, 5.74) is 6.90. The summed E-state index contributed by atoms with van der Waals surface area (Å²) in [6.45, 7) is 4.53. The molecule has 0 fully saturated rings. The Balaban J connectivity index is 2.68. The summed E-state index contributed by atoms with van der Waals surface area (Å²) in [6, 6.07) is 3.94. The minimum atomic E-state index is -0.279. The first kappa shape index (κ1) is 12.9. The van der Waals surface area contributed by atoms with Gasteiger partial charge in [-0.2, -0.15) is 0 Å². The van der Waals surface area contributed by atoms with Crippen molar-refractivity contribution in [2.45, 2.75) is 32.4 Å². The lowest BCUT2D eigenvalue weighted by Gasteiger charge is -2.20. The smallest absolute Gasteiger partial charge is 0.128 e. The minimum Gasteiger partial charge on any atom is -0.393 e. The Bertz CT molecular complexity index is 326. The molecule has 4 heteroatoms. The number of rotatable bonds is 5. The number of aliphatic hydroxyl groups is 1. The van der Waals surface area contributed by atoms with Gasteiger partial charge >= 0.3 is 0 Å². The number of anilines is 1. The number of nitrogens with zero attached hydrogens (tertiary/aromatic N) is 2. The third-order valence-corrected chi connectivity index (χ3v) is 2.57. The van der Waals surface area contributed by atoms with Crippen LogP contribution in [0.1, 0.15) is 31.9 Å². The summed E-state index contributed by atoms with van der Waals surface area (Å²) in [5.74, 6) is 0.899. The van der Waals surface area contributed by atoms with Crippen LogP contribution >= 0.6 is 0 Å². The number of nitrogens with two attached hydrogens (primary N) is 1. The van der Waals surface area contributed by atoms with Gasteiger partial charge in [-0.3, -0.25) is 0 Å². The number of hydrogen-bond acceptors (Lipinski definition) is 4. The molecule has 0 spiro atoms. The van der Waals surface area contributed by atoms with Crippen LogP contribution in [-0.2, 0) is 0 Å². The van der Waals surface area contributed by atoms with Gasteiger partial charge in [0.2, 0.25) is 0 Å². The van der Waals surface area contributed by atoms with Crippen LogP contribution in [-0.4, -0.2) is 29.8 Å². The lowest BCUT2D eigenvalue weighted by atomic mass is 10.1.